The van der Waals surface area contributed by atoms with Gasteiger partial charge in [0.15, 0.2) is 11.5 Å². The molecule has 1 N–H and O–H groups in total. The number of methoxy groups -OCH3 is 2. The molecule has 7 nitrogen and oxygen atoms in total. The number of nitrogens with zero attached hydrogens (tertiary/aromatic N) is 2. The lowest BCUT2D eigenvalue weighted by Gasteiger charge is -2.26. The molecular weight excluding hydrogens is 432 g/mol. The number of benzene rings is 2. The van der Waals surface area contributed by atoms with Crippen LogP contribution in [0.25, 0.3) is 5.76 Å². The maximum absolute atomic E-state index is 13.2. The van der Waals surface area contributed by atoms with Crippen molar-refractivity contribution in [2.24, 2.45) is 0 Å². The molecule has 7 heteroatoms. The number of carbonyl (C=O) groups excluding carboxylic acids is 2. The molecule has 0 spiro atoms. The van der Waals surface area contributed by atoms with Crippen LogP contribution in [0, 0.1) is 0 Å². The van der Waals surface area contributed by atoms with Crippen molar-refractivity contribution in [1.29, 1.82) is 0 Å². The smallest absolute Gasteiger partial charge is 0.295 e. The summed E-state index contributed by atoms with van der Waals surface area (Å²) >= 11 is 0. The van der Waals surface area contributed by atoms with E-state index < -0.39 is 17.7 Å². The van der Waals surface area contributed by atoms with Crippen molar-refractivity contribution in [2.75, 3.05) is 41.4 Å². The molecule has 0 aliphatic carbocycles. The first-order valence-corrected chi connectivity index (χ1v) is 11.4. The Bertz CT molecular complexity index is 1070. The third-order valence-corrected chi connectivity index (χ3v) is 6.12. The van der Waals surface area contributed by atoms with Crippen LogP contribution < -0.4 is 9.47 Å². The zero-order valence-electron chi connectivity index (χ0n) is 20.8. The van der Waals surface area contributed by atoms with Crippen molar-refractivity contribution >= 4 is 17.4 Å². The molecule has 1 aliphatic heterocycles. The van der Waals surface area contributed by atoms with Gasteiger partial charge >= 0.3 is 0 Å². The first-order chi connectivity index (χ1) is 16.2. The zero-order valence-corrected chi connectivity index (χ0v) is 20.8. The highest BCUT2D eigenvalue weighted by Gasteiger charge is 2.45. The largest absolute Gasteiger partial charge is 0.507 e. The van der Waals surface area contributed by atoms with Crippen LogP contribution in [-0.2, 0) is 9.59 Å². The molecule has 182 valence electrons. The van der Waals surface area contributed by atoms with Crippen LogP contribution in [0.1, 0.15) is 48.9 Å². The normalized spacial score (nSPS) is 17.6. The van der Waals surface area contributed by atoms with Gasteiger partial charge in [0.05, 0.1) is 25.8 Å². The van der Waals surface area contributed by atoms with Crippen LogP contribution in [0.4, 0.5) is 0 Å². The lowest BCUT2D eigenvalue weighted by atomic mass is 9.93. The van der Waals surface area contributed by atoms with Crippen LogP contribution in [-0.4, -0.2) is 68.0 Å². The molecule has 1 fully saturated rings. The number of aliphatic hydroxyl groups is 1. The zero-order chi connectivity index (χ0) is 25.0. The first-order valence-electron chi connectivity index (χ1n) is 11.4. The van der Waals surface area contributed by atoms with Gasteiger partial charge < -0.3 is 24.4 Å². The number of likely N-dealkylation sites (tertiary alicyclic amines) is 1. The van der Waals surface area contributed by atoms with E-state index in [1.807, 2.05) is 43.3 Å². The predicted molar refractivity (Wildman–Crippen MR) is 132 cm³/mol. The summed E-state index contributed by atoms with van der Waals surface area (Å²) in [6, 6.07) is 12.1. The Morgan fingerprint density at radius 1 is 1.03 bits per heavy atom. The molecule has 2 aromatic rings. The quantitative estimate of drug-likeness (QED) is 0.339. The number of carbonyl (C=O) groups is 2. The minimum atomic E-state index is -0.685. The molecule has 2 aromatic carbocycles. The third kappa shape index (κ3) is 5.09. The van der Waals surface area contributed by atoms with Crippen molar-refractivity contribution < 1.29 is 24.2 Å². The molecule has 3 rings (SSSR count). The average molecular weight is 467 g/mol. The van der Waals surface area contributed by atoms with Crippen LogP contribution in [0.15, 0.2) is 48.0 Å². The number of hydrogen-bond acceptors (Lipinski definition) is 6. The minimum Gasteiger partial charge on any atom is -0.507 e. The molecule has 1 unspecified atom stereocenters. The highest BCUT2D eigenvalue weighted by atomic mass is 16.5. The van der Waals surface area contributed by atoms with Crippen molar-refractivity contribution in [3.63, 3.8) is 0 Å². The van der Waals surface area contributed by atoms with Gasteiger partial charge in [-0.3, -0.25) is 9.59 Å². The summed E-state index contributed by atoms with van der Waals surface area (Å²) in [6.07, 6.45) is 0.705. The lowest BCUT2D eigenvalue weighted by molar-refractivity contribution is -0.139. The van der Waals surface area contributed by atoms with E-state index >= 15 is 0 Å². The van der Waals surface area contributed by atoms with Gasteiger partial charge in [-0.05, 0) is 62.3 Å². The monoisotopic (exact) mass is 466 g/mol. The molecule has 0 saturated carbocycles. The van der Waals surface area contributed by atoms with Gasteiger partial charge in [-0.15, -0.1) is 0 Å². The highest BCUT2D eigenvalue weighted by Crippen LogP contribution is 2.41. The summed E-state index contributed by atoms with van der Waals surface area (Å²) in [4.78, 5) is 29.9. The second-order valence-electron chi connectivity index (χ2n) is 9.04. The molecule has 1 saturated heterocycles. The summed E-state index contributed by atoms with van der Waals surface area (Å²) in [5.41, 5.74) is 2.41. The Hall–Kier alpha value is -3.32. The van der Waals surface area contributed by atoms with Crippen molar-refractivity contribution in [2.45, 2.75) is 32.2 Å². The maximum Gasteiger partial charge on any atom is 0.295 e. The van der Waals surface area contributed by atoms with E-state index in [0.29, 0.717) is 35.9 Å². The first kappa shape index (κ1) is 25.3. The Labute approximate surface area is 201 Å². The van der Waals surface area contributed by atoms with Gasteiger partial charge in [0.2, 0.25) is 0 Å². The predicted octanol–water partition coefficient (Wildman–Crippen LogP) is 4.20. The number of aliphatic hydroxyl groups excluding tert-OH is 1. The fraction of sp³-hybridized carbons (Fsp3) is 0.407. The van der Waals surface area contributed by atoms with E-state index in [1.165, 1.54) is 14.2 Å². The fourth-order valence-corrected chi connectivity index (χ4v) is 4.22. The third-order valence-electron chi connectivity index (χ3n) is 6.12. The second kappa shape index (κ2) is 10.7. The molecule has 34 heavy (non-hydrogen) atoms. The molecule has 1 aliphatic rings. The summed E-state index contributed by atoms with van der Waals surface area (Å²) in [5, 5.41) is 11.3. The molecule has 0 bridgehead atoms. The Morgan fingerprint density at radius 2 is 1.68 bits per heavy atom. The van der Waals surface area contributed by atoms with E-state index in [0.717, 1.165) is 17.7 Å². The molecule has 1 amide bonds. The number of rotatable bonds is 9. The van der Waals surface area contributed by atoms with Crippen LogP contribution in [0.2, 0.25) is 0 Å². The van der Waals surface area contributed by atoms with Gasteiger partial charge in [-0.1, -0.05) is 38.1 Å². The van der Waals surface area contributed by atoms with E-state index in [4.69, 9.17) is 9.47 Å². The summed E-state index contributed by atoms with van der Waals surface area (Å²) in [7, 11) is 6.96. The van der Waals surface area contributed by atoms with Gasteiger partial charge in [-0.2, -0.15) is 0 Å². The number of amides is 1. The van der Waals surface area contributed by atoms with E-state index in [-0.39, 0.29) is 11.3 Å². The Morgan fingerprint density at radius 3 is 2.24 bits per heavy atom. The van der Waals surface area contributed by atoms with E-state index in [2.05, 4.69) is 13.8 Å². The number of Topliss-reactive ketones (excluding diaryl/α,β-unsaturated/α-hetero) is 1. The average Bonchev–Trinajstić information content (AvgIpc) is 3.07. The Kier molecular flexibility index (Phi) is 7.99. The summed E-state index contributed by atoms with van der Waals surface area (Å²) < 4.78 is 10.6. The minimum absolute atomic E-state index is 0.0827. The van der Waals surface area contributed by atoms with Gasteiger partial charge in [0.25, 0.3) is 11.7 Å². The van der Waals surface area contributed by atoms with E-state index in [1.54, 1.807) is 23.1 Å². The molecule has 0 aromatic heterocycles. The maximum atomic E-state index is 13.2. The van der Waals surface area contributed by atoms with Crippen LogP contribution in [0.5, 0.6) is 11.5 Å². The highest BCUT2D eigenvalue weighted by molar-refractivity contribution is 6.46. The van der Waals surface area contributed by atoms with Gasteiger partial charge in [0.1, 0.15) is 5.76 Å². The lowest BCUT2D eigenvalue weighted by Crippen LogP contribution is -2.32. The van der Waals surface area contributed by atoms with Crippen molar-refractivity contribution in [3.05, 3.63) is 64.7 Å². The molecule has 0 radical (unpaired) electrons. The Balaban J connectivity index is 2.12. The standard InChI is InChI=1S/C27H34N2O5/c1-17(2)18-8-10-19(11-9-18)24-23(26(31)27(32)29(24)15-7-14-28(3)4)25(30)20-12-13-21(33-5)22(16-20)34-6/h8-13,16-17,24,30H,7,14-15H2,1-6H3/b25-23+. The van der Waals surface area contributed by atoms with Crippen LogP contribution in [0.3, 0.4) is 0 Å². The molecular formula is C27H34N2O5. The number of ether oxygens (including phenoxy) is 2. The number of ketones is 1. The van der Waals surface area contributed by atoms with Crippen LogP contribution >= 0.6 is 0 Å². The van der Waals surface area contributed by atoms with Crippen molar-refractivity contribution in [3.8, 4) is 11.5 Å². The SMILES string of the molecule is COc1ccc(/C(O)=C2\C(=O)C(=O)N(CCCN(C)C)C2c2ccc(C(C)C)cc2)cc1OC. The number of hydrogen-bond donors (Lipinski definition) is 1. The van der Waals surface area contributed by atoms with Gasteiger partial charge in [-0.25, -0.2) is 0 Å². The second-order valence-corrected chi connectivity index (χ2v) is 9.04. The topological polar surface area (TPSA) is 79.3 Å². The summed E-state index contributed by atoms with van der Waals surface area (Å²) in [5.74, 6) is -0.234. The van der Waals surface area contributed by atoms with E-state index in [9.17, 15) is 14.7 Å². The summed E-state index contributed by atoms with van der Waals surface area (Å²) in [6.45, 7) is 5.40. The van der Waals surface area contributed by atoms with Crippen molar-refractivity contribution in [1.82, 2.24) is 9.80 Å². The molecule has 1 heterocycles. The molecule has 1 atom stereocenters. The van der Waals surface area contributed by atoms with Gasteiger partial charge in [0, 0.05) is 12.1 Å². The fourth-order valence-electron chi connectivity index (χ4n) is 4.22.